The minimum atomic E-state index is 1.03. The Bertz CT molecular complexity index is 544. The molecule has 1 heterocycles. The molecule has 0 aliphatic carbocycles. The van der Waals surface area contributed by atoms with E-state index in [1.54, 1.807) is 0 Å². The van der Waals surface area contributed by atoms with Crippen LogP contribution in [0, 0.1) is 6.07 Å². The lowest BCUT2D eigenvalue weighted by Crippen LogP contribution is -1.79. The first-order chi connectivity index (χ1) is 6.95. The fourth-order valence-corrected chi connectivity index (χ4v) is 1.75. The number of fused-ring (bicyclic) bond motifs is 3. The highest BCUT2D eigenvalue weighted by Gasteiger charge is 1.98. The first kappa shape index (κ1) is 7.51. The molecule has 1 nitrogen and oxygen atoms in total. The fourth-order valence-electron chi connectivity index (χ4n) is 1.75. The summed E-state index contributed by atoms with van der Waals surface area (Å²) in [6.45, 7) is 0. The Labute approximate surface area is 82.0 Å². The first-order valence-corrected chi connectivity index (χ1v) is 4.59. The zero-order chi connectivity index (χ0) is 9.38. The number of rotatable bonds is 0. The van der Waals surface area contributed by atoms with Gasteiger partial charge in [0.1, 0.15) is 0 Å². The molecule has 1 heteroatoms. The lowest BCUT2D eigenvalue weighted by Gasteiger charge is -2.01. The van der Waals surface area contributed by atoms with Crippen molar-refractivity contribution in [1.82, 2.24) is 4.98 Å². The van der Waals surface area contributed by atoms with Crippen LogP contribution in [0.3, 0.4) is 0 Å². The lowest BCUT2D eigenvalue weighted by atomic mass is 10.1. The van der Waals surface area contributed by atoms with E-state index in [0.717, 1.165) is 10.9 Å². The SMILES string of the molecule is [c]1cccc2ccc3ncccc3c12. The van der Waals surface area contributed by atoms with Gasteiger partial charge in [0.25, 0.3) is 0 Å². The third kappa shape index (κ3) is 0.990. The van der Waals surface area contributed by atoms with Gasteiger partial charge in [0, 0.05) is 11.6 Å². The molecule has 0 unspecified atom stereocenters. The Morgan fingerprint density at radius 1 is 1.00 bits per heavy atom. The Balaban J connectivity index is 2.61. The highest BCUT2D eigenvalue weighted by atomic mass is 14.6. The maximum Gasteiger partial charge on any atom is 0.0708 e. The molecule has 0 bridgehead atoms. The van der Waals surface area contributed by atoms with E-state index >= 15 is 0 Å². The molecule has 0 atom stereocenters. The van der Waals surface area contributed by atoms with Crippen LogP contribution in [0.15, 0.2) is 48.7 Å². The quantitative estimate of drug-likeness (QED) is 0.482. The summed E-state index contributed by atoms with van der Waals surface area (Å²) in [5.74, 6) is 0. The molecule has 0 saturated heterocycles. The van der Waals surface area contributed by atoms with Crippen LogP contribution in [0.5, 0.6) is 0 Å². The summed E-state index contributed by atoms with van der Waals surface area (Å²) in [5.41, 5.74) is 1.03. The number of aromatic nitrogens is 1. The number of hydrogen-bond donors (Lipinski definition) is 0. The Hall–Kier alpha value is -1.89. The summed E-state index contributed by atoms with van der Waals surface area (Å²) in [5, 5.41) is 3.54. The Morgan fingerprint density at radius 2 is 2.00 bits per heavy atom. The highest BCUT2D eigenvalue weighted by Crippen LogP contribution is 2.22. The zero-order valence-corrected chi connectivity index (χ0v) is 7.57. The van der Waals surface area contributed by atoms with Crippen molar-refractivity contribution in [3.63, 3.8) is 0 Å². The Kier molecular flexibility index (Phi) is 1.51. The zero-order valence-electron chi connectivity index (χ0n) is 7.57. The summed E-state index contributed by atoms with van der Waals surface area (Å²) < 4.78 is 0. The molecule has 1 aromatic heterocycles. The summed E-state index contributed by atoms with van der Waals surface area (Å²) in [6, 6.07) is 17.5. The highest BCUT2D eigenvalue weighted by molar-refractivity contribution is 6.05. The predicted octanol–water partition coefficient (Wildman–Crippen LogP) is 3.19. The van der Waals surface area contributed by atoms with Gasteiger partial charge in [-0.2, -0.15) is 0 Å². The molecule has 3 rings (SSSR count). The second-order valence-electron chi connectivity index (χ2n) is 3.27. The van der Waals surface area contributed by atoms with Crippen molar-refractivity contribution >= 4 is 21.7 Å². The molecule has 65 valence electrons. The van der Waals surface area contributed by atoms with E-state index in [2.05, 4.69) is 29.2 Å². The molecular formula is C13H8N. The van der Waals surface area contributed by atoms with Crippen molar-refractivity contribution in [3.05, 3.63) is 54.7 Å². The van der Waals surface area contributed by atoms with E-state index in [4.69, 9.17) is 0 Å². The van der Waals surface area contributed by atoms with Crippen LogP contribution in [-0.4, -0.2) is 4.98 Å². The normalized spacial score (nSPS) is 10.9. The van der Waals surface area contributed by atoms with Crippen LogP contribution in [0.4, 0.5) is 0 Å². The first-order valence-electron chi connectivity index (χ1n) is 4.59. The lowest BCUT2D eigenvalue weighted by molar-refractivity contribution is 1.42. The predicted molar refractivity (Wildman–Crippen MR) is 58.1 cm³/mol. The standard InChI is InChI=1S/C13H8N/c1-2-5-11-10(4-1)7-8-13-12(11)6-3-9-14-13/h1-4,6-9H. The summed E-state index contributed by atoms with van der Waals surface area (Å²) in [7, 11) is 0. The van der Waals surface area contributed by atoms with Crippen molar-refractivity contribution in [3.8, 4) is 0 Å². The largest absolute Gasteiger partial charge is 0.256 e. The monoisotopic (exact) mass is 178 g/mol. The average molecular weight is 178 g/mol. The van der Waals surface area contributed by atoms with Crippen LogP contribution in [0.2, 0.25) is 0 Å². The number of benzene rings is 2. The summed E-state index contributed by atoms with van der Waals surface area (Å²) in [6.07, 6.45) is 1.82. The van der Waals surface area contributed by atoms with E-state index in [0.29, 0.717) is 0 Å². The van der Waals surface area contributed by atoms with Crippen LogP contribution in [0.25, 0.3) is 21.7 Å². The van der Waals surface area contributed by atoms with Crippen LogP contribution in [0.1, 0.15) is 0 Å². The van der Waals surface area contributed by atoms with Crippen LogP contribution >= 0.6 is 0 Å². The van der Waals surface area contributed by atoms with Gasteiger partial charge in [-0.1, -0.05) is 30.3 Å². The van der Waals surface area contributed by atoms with Gasteiger partial charge in [-0.25, -0.2) is 0 Å². The molecule has 0 N–H and O–H groups in total. The van der Waals surface area contributed by atoms with Gasteiger partial charge in [0.2, 0.25) is 0 Å². The average Bonchev–Trinajstić information content (AvgIpc) is 2.29. The molecule has 0 amide bonds. The molecule has 3 aromatic rings. The van der Waals surface area contributed by atoms with Crippen LogP contribution < -0.4 is 0 Å². The van der Waals surface area contributed by atoms with E-state index in [9.17, 15) is 0 Å². The van der Waals surface area contributed by atoms with Gasteiger partial charge < -0.3 is 0 Å². The van der Waals surface area contributed by atoms with Crippen LogP contribution in [-0.2, 0) is 0 Å². The molecule has 0 aliphatic rings. The van der Waals surface area contributed by atoms with E-state index < -0.39 is 0 Å². The minimum absolute atomic E-state index is 1.03. The van der Waals surface area contributed by atoms with E-state index in [-0.39, 0.29) is 0 Å². The molecule has 2 aromatic carbocycles. The van der Waals surface area contributed by atoms with Crippen molar-refractivity contribution in [2.45, 2.75) is 0 Å². The van der Waals surface area contributed by atoms with Crippen molar-refractivity contribution in [1.29, 1.82) is 0 Å². The number of nitrogens with zero attached hydrogens (tertiary/aromatic N) is 1. The Morgan fingerprint density at radius 3 is 3.00 bits per heavy atom. The van der Waals surface area contributed by atoms with Crippen molar-refractivity contribution in [2.24, 2.45) is 0 Å². The smallest absolute Gasteiger partial charge is 0.0708 e. The van der Waals surface area contributed by atoms with Crippen molar-refractivity contribution < 1.29 is 0 Å². The number of pyridine rings is 1. The summed E-state index contributed by atoms with van der Waals surface area (Å²) >= 11 is 0. The molecule has 14 heavy (non-hydrogen) atoms. The second kappa shape index (κ2) is 2.81. The maximum absolute atomic E-state index is 4.31. The maximum atomic E-state index is 4.31. The van der Waals surface area contributed by atoms with Gasteiger partial charge in [-0.15, -0.1) is 0 Å². The van der Waals surface area contributed by atoms with Gasteiger partial charge in [0.15, 0.2) is 0 Å². The number of hydrogen-bond acceptors (Lipinski definition) is 1. The summed E-state index contributed by atoms with van der Waals surface area (Å²) in [4.78, 5) is 4.31. The van der Waals surface area contributed by atoms with E-state index in [1.807, 2.05) is 30.5 Å². The third-order valence-electron chi connectivity index (χ3n) is 2.42. The molecule has 1 radical (unpaired) electrons. The fraction of sp³-hybridized carbons (Fsp3) is 0. The third-order valence-corrected chi connectivity index (χ3v) is 2.42. The van der Waals surface area contributed by atoms with Gasteiger partial charge in [0.05, 0.1) is 5.52 Å². The molecule has 0 saturated carbocycles. The van der Waals surface area contributed by atoms with E-state index in [1.165, 1.54) is 10.8 Å². The second-order valence-corrected chi connectivity index (χ2v) is 3.27. The molecule has 0 spiro atoms. The van der Waals surface area contributed by atoms with Gasteiger partial charge in [-0.05, 0) is 29.0 Å². The van der Waals surface area contributed by atoms with Gasteiger partial charge >= 0.3 is 0 Å². The molecular weight excluding hydrogens is 170 g/mol. The molecule has 0 aliphatic heterocycles. The van der Waals surface area contributed by atoms with Gasteiger partial charge in [-0.3, -0.25) is 4.98 Å². The molecule has 0 fully saturated rings. The van der Waals surface area contributed by atoms with Crippen molar-refractivity contribution in [2.75, 3.05) is 0 Å². The topological polar surface area (TPSA) is 12.9 Å². The minimum Gasteiger partial charge on any atom is -0.256 e.